The lowest BCUT2D eigenvalue weighted by atomic mass is 9.94. The van der Waals surface area contributed by atoms with Crippen LogP contribution in [-0.4, -0.2) is 22.4 Å². The van der Waals surface area contributed by atoms with Crippen molar-refractivity contribution in [3.63, 3.8) is 0 Å². The lowest BCUT2D eigenvalue weighted by Gasteiger charge is -2.21. The van der Waals surface area contributed by atoms with Gasteiger partial charge in [-0.25, -0.2) is 0 Å². The molecule has 0 aromatic carbocycles. The van der Waals surface area contributed by atoms with E-state index in [2.05, 4.69) is 11.8 Å². The zero-order valence-electron chi connectivity index (χ0n) is 7.22. The molecule has 0 amide bonds. The Hall–Kier alpha value is -0.520. The summed E-state index contributed by atoms with van der Waals surface area (Å²) in [5.41, 5.74) is -0.651. The number of hydrogen-bond donors (Lipinski definition) is 2. The molecule has 2 nitrogen and oxygen atoms in total. The first-order valence-corrected chi connectivity index (χ1v) is 3.97. The predicted octanol–water partition coefficient (Wildman–Crippen LogP) is 0.923. The molecule has 0 aliphatic rings. The molecule has 11 heavy (non-hydrogen) atoms. The SMILES string of the molecule is CCC(O)(CC)CC#CCO. The highest BCUT2D eigenvalue weighted by Crippen LogP contribution is 2.17. The van der Waals surface area contributed by atoms with Crippen LogP contribution in [0.5, 0.6) is 0 Å². The Bertz CT molecular complexity index is 149. The molecule has 0 bridgehead atoms. The number of hydrogen-bond acceptors (Lipinski definition) is 2. The molecule has 2 N–H and O–H groups in total. The van der Waals surface area contributed by atoms with Crippen molar-refractivity contribution in [2.75, 3.05) is 6.61 Å². The smallest absolute Gasteiger partial charge is 0.104 e. The summed E-state index contributed by atoms with van der Waals surface area (Å²) in [6, 6.07) is 0. The monoisotopic (exact) mass is 156 g/mol. The van der Waals surface area contributed by atoms with Crippen LogP contribution in [0.4, 0.5) is 0 Å². The molecule has 0 aliphatic heterocycles. The van der Waals surface area contributed by atoms with Gasteiger partial charge in [0.1, 0.15) is 6.61 Å². The molecule has 0 aliphatic carbocycles. The molecule has 0 atom stereocenters. The molecule has 0 heterocycles. The summed E-state index contributed by atoms with van der Waals surface area (Å²) in [5, 5.41) is 18.0. The van der Waals surface area contributed by atoms with Gasteiger partial charge in [-0.2, -0.15) is 0 Å². The zero-order chi connectivity index (χ0) is 8.74. The van der Waals surface area contributed by atoms with Gasteiger partial charge in [0.25, 0.3) is 0 Å². The summed E-state index contributed by atoms with van der Waals surface area (Å²) < 4.78 is 0. The first-order valence-electron chi connectivity index (χ1n) is 3.97. The zero-order valence-corrected chi connectivity index (χ0v) is 7.22. The number of aliphatic hydroxyl groups excluding tert-OH is 1. The Balaban J connectivity index is 3.87. The van der Waals surface area contributed by atoms with E-state index in [4.69, 9.17) is 5.11 Å². The van der Waals surface area contributed by atoms with Crippen molar-refractivity contribution in [1.82, 2.24) is 0 Å². The van der Waals surface area contributed by atoms with Crippen molar-refractivity contribution in [2.45, 2.75) is 38.7 Å². The highest BCUT2D eigenvalue weighted by Gasteiger charge is 2.19. The first kappa shape index (κ1) is 10.5. The average Bonchev–Trinajstić information content (AvgIpc) is 2.05. The largest absolute Gasteiger partial charge is 0.389 e. The molecule has 0 fully saturated rings. The van der Waals surface area contributed by atoms with Gasteiger partial charge < -0.3 is 10.2 Å². The maximum atomic E-state index is 9.67. The summed E-state index contributed by atoms with van der Waals surface area (Å²) in [5.74, 6) is 5.25. The van der Waals surface area contributed by atoms with Gasteiger partial charge >= 0.3 is 0 Å². The van der Waals surface area contributed by atoms with Gasteiger partial charge in [-0.05, 0) is 12.8 Å². The second-order valence-electron chi connectivity index (χ2n) is 2.62. The van der Waals surface area contributed by atoms with Crippen LogP contribution in [0.3, 0.4) is 0 Å². The van der Waals surface area contributed by atoms with E-state index in [1.54, 1.807) is 0 Å². The molecule has 0 spiro atoms. The van der Waals surface area contributed by atoms with Crippen molar-refractivity contribution in [2.24, 2.45) is 0 Å². The van der Waals surface area contributed by atoms with Gasteiger partial charge in [0.2, 0.25) is 0 Å². The van der Waals surface area contributed by atoms with Crippen molar-refractivity contribution in [3.05, 3.63) is 0 Å². The highest BCUT2D eigenvalue weighted by molar-refractivity contribution is 5.03. The minimum absolute atomic E-state index is 0.122. The molecular formula is C9H16O2. The molecule has 0 aromatic heterocycles. The minimum Gasteiger partial charge on any atom is -0.389 e. The van der Waals surface area contributed by atoms with Gasteiger partial charge in [-0.15, -0.1) is 0 Å². The molecule has 2 heteroatoms. The van der Waals surface area contributed by atoms with Gasteiger partial charge in [0.05, 0.1) is 5.60 Å². The number of aliphatic hydroxyl groups is 2. The summed E-state index contributed by atoms with van der Waals surface area (Å²) >= 11 is 0. The molecular weight excluding hydrogens is 140 g/mol. The van der Waals surface area contributed by atoms with Gasteiger partial charge in [-0.3, -0.25) is 0 Å². The van der Waals surface area contributed by atoms with E-state index < -0.39 is 5.60 Å². The Morgan fingerprint density at radius 2 is 1.73 bits per heavy atom. The fourth-order valence-corrected chi connectivity index (χ4v) is 0.783. The Morgan fingerprint density at radius 3 is 2.09 bits per heavy atom. The third kappa shape index (κ3) is 4.02. The van der Waals surface area contributed by atoms with Crippen LogP contribution in [0.25, 0.3) is 0 Å². The fraction of sp³-hybridized carbons (Fsp3) is 0.778. The van der Waals surface area contributed by atoms with Crippen LogP contribution in [0.1, 0.15) is 33.1 Å². The molecule has 0 aromatic rings. The van der Waals surface area contributed by atoms with Crippen molar-refractivity contribution in [1.29, 1.82) is 0 Å². The lowest BCUT2D eigenvalue weighted by Crippen LogP contribution is -2.25. The van der Waals surface area contributed by atoms with Gasteiger partial charge in [-0.1, -0.05) is 25.7 Å². The maximum Gasteiger partial charge on any atom is 0.104 e. The molecule has 0 saturated carbocycles. The predicted molar refractivity (Wildman–Crippen MR) is 45.0 cm³/mol. The summed E-state index contributed by atoms with van der Waals surface area (Å²) in [4.78, 5) is 0. The number of rotatable bonds is 3. The van der Waals surface area contributed by atoms with E-state index in [0.717, 1.165) is 0 Å². The third-order valence-corrected chi connectivity index (χ3v) is 1.94. The van der Waals surface area contributed by atoms with Gasteiger partial charge in [0, 0.05) is 6.42 Å². The first-order chi connectivity index (χ1) is 5.18. The summed E-state index contributed by atoms with van der Waals surface area (Å²) in [7, 11) is 0. The standard InChI is InChI=1S/C9H16O2/c1-3-9(11,4-2)7-5-6-8-10/h10-11H,3-4,7-8H2,1-2H3. The van der Waals surface area contributed by atoms with Crippen LogP contribution in [0.2, 0.25) is 0 Å². The van der Waals surface area contributed by atoms with E-state index in [-0.39, 0.29) is 6.61 Å². The van der Waals surface area contributed by atoms with Crippen molar-refractivity contribution >= 4 is 0 Å². The van der Waals surface area contributed by atoms with Crippen LogP contribution >= 0.6 is 0 Å². The summed E-state index contributed by atoms with van der Waals surface area (Å²) in [6.07, 6.45) is 1.88. The fourth-order valence-electron chi connectivity index (χ4n) is 0.783. The Morgan fingerprint density at radius 1 is 1.18 bits per heavy atom. The third-order valence-electron chi connectivity index (χ3n) is 1.94. The molecule has 0 saturated heterocycles. The molecule has 0 unspecified atom stereocenters. The van der Waals surface area contributed by atoms with E-state index in [0.29, 0.717) is 19.3 Å². The lowest BCUT2D eigenvalue weighted by molar-refractivity contribution is 0.0375. The van der Waals surface area contributed by atoms with Crippen molar-refractivity contribution in [3.8, 4) is 11.8 Å². The summed E-state index contributed by atoms with van der Waals surface area (Å²) in [6.45, 7) is 3.75. The van der Waals surface area contributed by atoms with E-state index in [9.17, 15) is 5.11 Å². The van der Waals surface area contributed by atoms with Crippen molar-refractivity contribution < 1.29 is 10.2 Å². The second-order valence-corrected chi connectivity index (χ2v) is 2.62. The van der Waals surface area contributed by atoms with Crippen LogP contribution < -0.4 is 0 Å². The Labute approximate surface area is 68.2 Å². The van der Waals surface area contributed by atoms with Crippen LogP contribution in [-0.2, 0) is 0 Å². The molecule has 0 radical (unpaired) electrons. The average molecular weight is 156 g/mol. The quantitative estimate of drug-likeness (QED) is 0.597. The van der Waals surface area contributed by atoms with Gasteiger partial charge in [0.15, 0.2) is 0 Å². The van der Waals surface area contributed by atoms with E-state index in [1.165, 1.54) is 0 Å². The van der Waals surface area contributed by atoms with Crippen LogP contribution in [0.15, 0.2) is 0 Å². The highest BCUT2D eigenvalue weighted by atomic mass is 16.3. The van der Waals surface area contributed by atoms with E-state index in [1.807, 2.05) is 13.8 Å². The Kier molecular flexibility index (Phi) is 4.93. The maximum absolute atomic E-state index is 9.67. The molecule has 64 valence electrons. The van der Waals surface area contributed by atoms with E-state index >= 15 is 0 Å². The normalized spacial score (nSPS) is 10.5. The minimum atomic E-state index is -0.651. The topological polar surface area (TPSA) is 40.5 Å². The second kappa shape index (κ2) is 5.17. The molecule has 0 rings (SSSR count). The van der Waals surface area contributed by atoms with Crippen LogP contribution in [0, 0.1) is 11.8 Å².